The van der Waals surface area contributed by atoms with Crippen LogP contribution in [0.4, 0.5) is 4.39 Å². The van der Waals surface area contributed by atoms with Crippen molar-refractivity contribution in [2.75, 3.05) is 0 Å². The largest absolute Gasteiger partial charge is 0.458 e. The van der Waals surface area contributed by atoms with Crippen LogP contribution in [0.5, 0.6) is 0 Å². The van der Waals surface area contributed by atoms with Gasteiger partial charge in [0.15, 0.2) is 0 Å². The average molecular weight is 335 g/mol. The van der Waals surface area contributed by atoms with Crippen molar-refractivity contribution in [3.63, 3.8) is 0 Å². The molecule has 2 aromatic carbocycles. The van der Waals surface area contributed by atoms with Gasteiger partial charge in [0.25, 0.3) is 0 Å². The van der Waals surface area contributed by atoms with Crippen LogP contribution >= 0.6 is 15.9 Å². The van der Waals surface area contributed by atoms with Gasteiger partial charge in [-0.2, -0.15) is 0 Å². The number of hydrogen-bond donors (Lipinski definition) is 2. The van der Waals surface area contributed by atoms with Gasteiger partial charge in [-0.25, -0.2) is 9.82 Å². The highest BCUT2D eigenvalue weighted by Gasteiger charge is 2.18. The maximum atomic E-state index is 13.3. The Morgan fingerprint density at radius 3 is 2.65 bits per heavy atom. The fourth-order valence-corrected chi connectivity index (χ4v) is 2.68. The fraction of sp³-hybridized carbons (Fsp3) is 0.0667. The second kappa shape index (κ2) is 5.36. The quantitative estimate of drug-likeness (QED) is 0.564. The Labute approximate surface area is 123 Å². The Bertz CT molecular complexity index is 756. The first-order chi connectivity index (χ1) is 9.69. The lowest BCUT2D eigenvalue weighted by atomic mass is 10.0. The van der Waals surface area contributed by atoms with Gasteiger partial charge in [-0.3, -0.25) is 5.84 Å². The summed E-state index contributed by atoms with van der Waals surface area (Å²) in [7, 11) is 0. The van der Waals surface area contributed by atoms with Crippen LogP contribution in [0, 0.1) is 5.82 Å². The number of rotatable bonds is 3. The zero-order chi connectivity index (χ0) is 14.1. The van der Waals surface area contributed by atoms with Crippen LogP contribution in [0.3, 0.4) is 0 Å². The third-order valence-electron chi connectivity index (χ3n) is 3.15. The van der Waals surface area contributed by atoms with E-state index in [1.807, 2.05) is 24.3 Å². The number of para-hydroxylation sites is 1. The van der Waals surface area contributed by atoms with Crippen LogP contribution < -0.4 is 11.3 Å². The third-order valence-corrected chi connectivity index (χ3v) is 3.77. The van der Waals surface area contributed by atoms with Crippen molar-refractivity contribution in [3.8, 4) is 0 Å². The molecule has 0 saturated heterocycles. The Hall–Kier alpha value is -1.69. The Balaban J connectivity index is 2.09. The number of fused-ring (bicyclic) bond motifs is 1. The first kappa shape index (κ1) is 13.3. The second-order valence-electron chi connectivity index (χ2n) is 4.46. The van der Waals surface area contributed by atoms with Crippen molar-refractivity contribution in [2.45, 2.75) is 6.04 Å². The molecule has 0 amide bonds. The summed E-state index contributed by atoms with van der Waals surface area (Å²) in [5.74, 6) is 5.94. The number of nitrogens with two attached hydrogens (primary N) is 1. The van der Waals surface area contributed by atoms with Crippen molar-refractivity contribution in [1.82, 2.24) is 5.43 Å². The monoisotopic (exact) mass is 334 g/mol. The molecule has 20 heavy (non-hydrogen) atoms. The summed E-state index contributed by atoms with van der Waals surface area (Å²) >= 11 is 3.44. The smallest absolute Gasteiger partial charge is 0.148 e. The molecule has 0 saturated carbocycles. The van der Waals surface area contributed by atoms with Gasteiger partial charge >= 0.3 is 0 Å². The number of halogens is 2. The predicted octanol–water partition coefficient (Wildman–Crippen LogP) is 3.89. The number of benzene rings is 2. The second-order valence-corrected chi connectivity index (χ2v) is 5.32. The van der Waals surface area contributed by atoms with Gasteiger partial charge in [0.05, 0.1) is 4.47 Å². The van der Waals surface area contributed by atoms with E-state index in [-0.39, 0.29) is 5.82 Å². The molecular formula is C15H12BrFN2O. The molecule has 1 aromatic heterocycles. The minimum atomic E-state index is -0.398. The Morgan fingerprint density at radius 2 is 1.95 bits per heavy atom. The van der Waals surface area contributed by atoms with Gasteiger partial charge in [0.1, 0.15) is 23.2 Å². The minimum absolute atomic E-state index is 0.306. The molecule has 0 radical (unpaired) electrons. The van der Waals surface area contributed by atoms with Crippen molar-refractivity contribution >= 4 is 26.9 Å². The molecular weight excluding hydrogens is 323 g/mol. The van der Waals surface area contributed by atoms with Crippen LogP contribution in [0.1, 0.15) is 17.4 Å². The lowest BCUT2D eigenvalue weighted by Crippen LogP contribution is -2.28. The summed E-state index contributed by atoms with van der Waals surface area (Å²) in [5.41, 5.74) is 4.13. The van der Waals surface area contributed by atoms with E-state index >= 15 is 0 Å². The van der Waals surface area contributed by atoms with Crippen LogP contribution in [0.2, 0.25) is 0 Å². The average Bonchev–Trinajstić information content (AvgIpc) is 2.85. The van der Waals surface area contributed by atoms with Gasteiger partial charge in [0, 0.05) is 5.39 Å². The third kappa shape index (κ3) is 2.35. The van der Waals surface area contributed by atoms with E-state index in [1.54, 1.807) is 12.1 Å². The first-order valence-electron chi connectivity index (χ1n) is 6.08. The molecule has 0 fully saturated rings. The molecule has 0 spiro atoms. The molecule has 102 valence electrons. The molecule has 1 heterocycles. The van der Waals surface area contributed by atoms with E-state index in [0.29, 0.717) is 11.3 Å². The van der Waals surface area contributed by atoms with Crippen molar-refractivity contribution < 1.29 is 8.81 Å². The molecule has 3 rings (SSSR count). The van der Waals surface area contributed by atoms with E-state index in [9.17, 15) is 4.39 Å². The molecule has 0 aliphatic rings. The minimum Gasteiger partial charge on any atom is -0.458 e. The van der Waals surface area contributed by atoms with E-state index in [1.165, 1.54) is 12.1 Å². The summed E-state index contributed by atoms with van der Waals surface area (Å²) in [6.45, 7) is 0. The van der Waals surface area contributed by atoms with E-state index in [0.717, 1.165) is 15.4 Å². The standard InChI is InChI=1S/C15H12BrFN2O/c16-12-6-2-4-10-8-13(20-15(10)12)14(19-18)9-3-1-5-11(17)7-9/h1-8,14,19H,18H2. The van der Waals surface area contributed by atoms with E-state index in [2.05, 4.69) is 21.4 Å². The summed E-state index contributed by atoms with van der Waals surface area (Å²) < 4.78 is 20.0. The van der Waals surface area contributed by atoms with Gasteiger partial charge < -0.3 is 4.42 Å². The highest BCUT2D eigenvalue weighted by Crippen LogP contribution is 2.31. The van der Waals surface area contributed by atoms with Crippen LogP contribution in [0.25, 0.3) is 11.0 Å². The number of hydrogen-bond acceptors (Lipinski definition) is 3. The molecule has 0 aliphatic carbocycles. The lowest BCUT2D eigenvalue weighted by Gasteiger charge is -2.13. The molecule has 0 aliphatic heterocycles. The maximum absolute atomic E-state index is 13.3. The zero-order valence-electron chi connectivity index (χ0n) is 10.4. The first-order valence-corrected chi connectivity index (χ1v) is 6.88. The van der Waals surface area contributed by atoms with Crippen LogP contribution in [-0.4, -0.2) is 0 Å². The fourth-order valence-electron chi connectivity index (χ4n) is 2.22. The summed E-state index contributed by atoms with van der Waals surface area (Å²) in [4.78, 5) is 0. The molecule has 1 unspecified atom stereocenters. The Kier molecular flexibility index (Phi) is 3.56. The summed E-state index contributed by atoms with van der Waals surface area (Å²) in [6.07, 6.45) is 0. The number of furan rings is 1. The number of nitrogens with one attached hydrogen (secondary N) is 1. The highest BCUT2D eigenvalue weighted by atomic mass is 79.9. The van der Waals surface area contributed by atoms with E-state index < -0.39 is 6.04 Å². The van der Waals surface area contributed by atoms with Crippen molar-refractivity contribution in [2.24, 2.45) is 5.84 Å². The number of hydrazine groups is 1. The topological polar surface area (TPSA) is 51.2 Å². The zero-order valence-corrected chi connectivity index (χ0v) is 12.0. The molecule has 5 heteroatoms. The lowest BCUT2D eigenvalue weighted by molar-refractivity contribution is 0.475. The maximum Gasteiger partial charge on any atom is 0.148 e. The molecule has 3 nitrogen and oxygen atoms in total. The van der Waals surface area contributed by atoms with Gasteiger partial charge in [-0.1, -0.05) is 24.3 Å². The molecule has 0 bridgehead atoms. The van der Waals surface area contributed by atoms with E-state index in [4.69, 9.17) is 10.3 Å². The van der Waals surface area contributed by atoms with Crippen LogP contribution in [0.15, 0.2) is 57.4 Å². The molecule has 3 aromatic rings. The van der Waals surface area contributed by atoms with Crippen molar-refractivity contribution in [1.29, 1.82) is 0 Å². The van der Waals surface area contributed by atoms with Gasteiger partial charge in [0.2, 0.25) is 0 Å². The summed E-state index contributed by atoms with van der Waals surface area (Å²) in [5, 5.41) is 0.964. The van der Waals surface area contributed by atoms with Gasteiger partial charge in [-0.05, 0) is 45.8 Å². The summed E-state index contributed by atoms with van der Waals surface area (Å²) in [6, 6.07) is 13.6. The van der Waals surface area contributed by atoms with Crippen LogP contribution in [-0.2, 0) is 0 Å². The highest BCUT2D eigenvalue weighted by molar-refractivity contribution is 9.10. The van der Waals surface area contributed by atoms with Crippen molar-refractivity contribution in [3.05, 3.63) is 70.1 Å². The normalized spacial score (nSPS) is 12.8. The molecule has 3 N–H and O–H groups in total. The predicted molar refractivity (Wildman–Crippen MR) is 79.5 cm³/mol. The molecule has 1 atom stereocenters. The SMILES string of the molecule is NNC(c1cccc(F)c1)c1cc2cccc(Br)c2o1. The van der Waals surface area contributed by atoms with Gasteiger partial charge in [-0.15, -0.1) is 0 Å². The Morgan fingerprint density at radius 1 is 1.15 bits per heavy atom.